The Labute approximate surface area is 235 Å². The molecule has 3 aromatic rings. The topological polar surface area (TPSA) is 90.0 Å². The summed E-state index contributed by atoms with van der Waals surface area (Å²) in [5.41, 5.74) is 4.11. The Morgan fingerprint density at radius 1 is 1.07 bits per heavy atom. The minimum atomic E-state index is -3.36. The Bertz CT molecular complexity index is 1510. The average Bonchev–Trinajstić information content (AvgIpc) is 3.36. The standard InChI is InChI=1S/C31H36FN3O4S/c1-20-24(12-7-13-28(20)32)29-26(30-25-11-5-4-8-22(25)17-33-30)18-35(15-14-34(2)40(3,38)39)19-27(29)31(37)21-9-6-10-23(36)16-21/h4-13,16,26-27,29-30,33,36H,14-15,17-19H2,1-3H3/t26-,27-,29+,30?/m0/s1. The molecule has 2 aliphatic heterocycles. The summed E-state index contributed by atoms with van der Waals surface area (Å²) in [5, 5.41) is 13.8. The molecule has 2 heterocycles. The number of piperidine rings is 1. The van der Waals surface area contributed by atoms with Gasteiger partial charge in [-0.3, -0.25) is 4.79 Å². The number of aromatic hydroxyl groups is 1. The first kappa shape index (κ1) is 28.4. The predicted molar refractivity (Wildman–Crippen MR) is 153 cm³/mol. The molecule has 1 fully saturated rings. The van der Waals surface area contributed by atoms with Crippen LogP contribution < -0.4 is 5.32 Å². The quantitative estimate of drug-likeness (QED) is 0.400. The highest BCUT2D eigenvalue weighted by atomic mass is 32.2. The van der Waals surface area contributed by atoms with Gasteiger partial charge in [-0.2, -0.15) is 0 Å². The Kier molecular flexibility index (Phi) is 8.10. The molecule has 40 heavy (non-hydrogen) atoms. The molecule has 1 unspecified atom stereocenters. The van der Waals surface area contributed by atoms with Crippen molar-refractivity contribution in [3.63, 3.8) is 0 Å². The van der Waals surface area contributed by atoms with E-state index in [0.717, 1.165) is 5.56 Å². The third kappa shape index (κ3) is 5.69. The van der Waals surface area contributed by atoms with Crippen molar-refractivity contribution in [1.82, 2.24) is 14.5 Å². The monoisotopic (exact) mass is 565 g/mol. The summed E-state index contributed by atoms with van der Waals surface area (Å²) in [5.74, 6) is -1.38. The van der Waals surface area contributed by atoms with E-state index >= 15 is 0 Å². The van der Waals surface area contributed by atoms with Gasteiger partial charge >= 0.3 is 0 Å². The minimum Gasteiger partial charge on any atom is -0.508 e. The molecule has 0 aliphatic carbocycles. The number of ketones is 1. The molecule has 4 atom stereocenters. The summed E-state index contributed by atoms with van der Waals surface area (Å²) in [4.78, 5) is 16.4. The summed E-state index contributed by atoms with van der Waals surface area (Å²) < 4.78 is 40.5. The molecule has 5 rings (SSSR count). The fourth-order valence-corrected chi connectivity index (χ4v) is 6.80. The molecule has 7 nitrogen and oxygen atoms in total. The number of benzene rings is 3. The summed E-state index contributed by atoms with van der Waals surface area (Å²) in [6.07, 6.45) is 1.18. The normalized spacial score (nSPS) is 23.3. The molecule has 3 aromatic carbocycles. The number of phenols is 1. The molecule has 0 amide bonds. The van der Waals surface area contributed by atoms with E-state index in [-0.39, 0.29) is 41.8 Å². The third-order valence-corrected chi connectivity index (χ3v) is 9.90. The first-order valence-electron chi connectivity index (χ1n) is 13.6. The van der Waals surface area contributed by atoms with E-state index in [1.807, 2.05) is 18.2 Å². The number of likely N-dealkylation sites (N-methyl/N-ethyl adjacent to an activating group) is 1. The van der Waals surface area contributed by atoms with Gasteiger partial charge in [-0.25, -0.2) is 17.1 Å². The van der Waals surface area contributed by atoms with Crippen LogP contribution in [0.15, 0.2) is 66.7 Å². The van der Waals surface area contributed by atoms with E-state index in [9.17, 15) is 22.7 Å². The van der Waals surface area contributed by atoms with Gasteiger partial charge in [0.25, 0.3) is 0 Å². The fourth-order valence-electron chi connectivity index (χ4n) is 6.38. The number of hydrogen-bond donors (Lipinski definition) is 2. The second-order valence-electron chi connectivity index (χ2n) is 11.1. The van der Waals surface area contributed by atoms with Crippen molar-refractivity contribution in [3.8, 4) is 5.75 Å². The molecule has 9 heteroatoms. The van der Waals surface area contributed by atoms with Crippen LogP contribution in [0.5, 0.6) is 5.75 Å². The van der Waals surface area contributed by atoms with Crippen molar-refractivity contribution in [3.05, 3.63) is 100 Å². The van der Waals surface area contributed by atoms with Gasteiger partial charge in [0.15, 0.2) is 5.78 Å². The lowest BCUT2D eigenvalue weighted by Crippen LogP contribution is -2.52. The molecule has 2 N–H and O–H groups in total. The SMILES string of the molecule is Cc1c(F)cccc1[C@H]1[C@@H](C(=O)c2cccc(O)c2)CN(CCN(C)S(C)(=O)=O)C[C@@H]1C1NCc2ccccc21. The average molecular weight is 566 g/mol. The molecular weight excluding hydrogens is 529 g/mol. The summed E-state index contributed by atoms with van der Waals surface area (Å²) in [6.45, 7) is 4.20. The van der Waals surface area contributed by atoms with Gasteiger partial charge in [-0.15, -0.1) is 0 Å². The Morgan fingerprint density at radius 3 is 2.55 bits per heavy atom. The van der Waals surface area contributed by atoms with Crippen LogP contribution in [-0.4, -0.2) is 68.0 Å². The van der Waals surface area contributed by atoms with Crippen LogP contribution in [0.2, 0.25) is 0 Å². The number of phenolic OH excluding ortho intramolecular Hbond substituents is 1. The molecular formula is C31H36FN3O4S. The van der Waals surface area contributed by atoms with Gasteiger partial charge in [0, 0.05) is 63.2 Å². The van der Waals surface area contributed by atoms with Gasteiger partial charge in [0.1, 0.15) is 11.6 Å². The number of hydrogen-bond acceptors (Lipinski definition) is 6. The molecule has 0 saturated carbocycles. The van der Waals surface area contributed by atoms with Gasteiger partial charge in [0.05, 0.1) is 6.26 Å². The van der Waals surface area contributed by atoms with Gasteiger partial charge in [-0.1, -0.05) is 48.5 Å². The highest BCUT2D eigenvalue weighted by Crippen LogP contribution is 2.47. The van der Waals surface area contributed by atoms with E-state index in [0.29, 0.717) is 37.3 Å². The number of Topliss-reactive ketones (excluding diaryl/α,β-unsaturated/α-hetero) is 1. The number of carbonyl (C=O) groups excluding carboxylic acids is 1. The fraction of sp³-hybridized carbons (Fsp3) is 0.387. The number of likely N-dealkylation sites (tertiary alicyclic amines) is 1. The molecule has 1 saturated heterocycles. The minimum absolute atomic E-state index is 0.00900. The van der Waals surface area contributed by atoms with Gasteiger partial charge in [-0.05, 0) is 53.3 Å². The van der Waals surface area contributed by atoms with Crippen molar-refractivity contribution in [2.45, 2.75) is 25.4 Å². The molecule has 0 radical (unpaired) electrons. The predicted octanol–water partition coefficient (Wildman–Crippen LogP) is 4.09. The van der Waals surface area contributed by atoms with Crippen molar-refractivity contribution in [2.75, 3.05) is 39.5 Å². The van der Waals surface area contributed by atoms with E-state index in [2.05, 4.69) is 22.3 Å². The lowest BCUT2D eigenvalue weighted by atomic mass is 9.67. The Balaban J connectivity index is 1.61. The number of carbonyl (C=O) groups is 1. The van der Waals surface area contributed by atoms with Crippen molar-refractivity contribution < 1.29 is 22.7 Å². The van der Waals surface area contributed by atoms with E-state index in [4.69, 9.17) is 0 Å². The second-order valence-corrected chi connectivity index (χ2v) is 13.2. The van der Waals surface area contributed by atoms with E-state index in [1.54, 1.807) is 32.2 Å². The van der Waals surface area contributed by atoms with Crippen LogP contribution in [0.25, 0.3) is 0 Å². The number of halogens is 1. The number of rotatable bonds is 8. The summed E-state index contributed by atoms with van der Waals surface area (Å²) >= 11 is 0. The summed E-state index contributed by atoms with van der Waals surface area (Å²) in [6, 6.07) is 19.6. The molecule has 0 bridgehead atoms. The van der Waals surface area contributed by atoms with E-state index in [1.165, 1.54) is 39.9 Å². The Hall–Kier alpha value is -3.11. The van der Waals surface area contributed by atoms with Crippen LogP contribution >= 0.6 is 0 Å². The first-order chi connectivity index (χ1) is 19.0. The van der Waals surface area contributed by atoms with Crippen molar-refractivity contribution in [2.24, 2.45) is 11.8 Å². The molecule has 212 valence electrons. The number of nitrogens with zero attached hydrogens (tertiary/aromatic N) is 2. The second kappa shape index (κ2) is 11.4. The lowest BCUT2D eigenvalue weighted by molar-refractivity contribution is 0.0567. The van der Waals surface area contributed by atoms with Gasteiger partial charge < -0.3 is 15.3 Å². The van der Waals surface area contributed by atoms with Crippen molar-refractivity contribution >= 4 is 15.8 Å². The molecule has 0 aromatic heterocycles. The smallest absolute Gasteiger partial charge is 0.210 e. The zero-order valence-corrected chi connectivity index (χ0v) is 23.9. The number of nitrogens with one attached hydrogen (secondary N) is 1. The van der Waals surface area contributed by atoms with Crippen LogP contribution in [0.1, 0.15) is 44.6 Å². The van der Waals surface area contributed by atoms with E-state index < -0.39 is 15.9 Å². The highest BCUT2D eigenvalue weighted by molar-refractivity contribution is 7.88. The maximum atomic E-state index is 15.0. The van der Waals surface area contributed by atoms with Crippen LogP contribution in [0.3, 0.4) is 0 Å². The largest absolute Gasteiger partial charge is 0.508 e. The molecule has 2 aliphatic rings. The zero-order valence-electron chi connectivity index (χ0n) is 23.0. The highest BCUT2D eigenvalue weighted by Gasteiger charge is 2.46. The van der Waals surface area contributed by atoms with Gasteiger partial charge in [0.2, 0.25) is 10.0 Å². The van der Waals surface area contributed by atoms with Crippen molar-refractivity contribution in [1.29, 1.82) is 0 Å². The zero-order chi connectivity index (χ0) is 28.6. The first-order valence-corrected chi connectivity index (χ1v) is 15.4. The lowest BCUT2D eigenvalue weighted by Gasteiger charge is -2.46. The van der Waals surface area contributed by atoms with Crippen LogP contribution in [0, 0.1) is 24.6 Å². The number of fused-ring (bicyclic) bond motifs is 1. The third-order valence-electron chi connectivity index (χ3n) is 8.58. The Morgan fingerprint density at radius 2 is 1.80 bits per heavy atom. The molecule has 0 spiro atoms. The summed E-state index contributed by atoms with van der Waals surface area (Å²) in [7, 11) is -1.80. The maximum absolute atomic E-state index is 15.0. The maximum Gasteiger partial charge on any atom is 0.210 e. The number of sulfonamides is 1. The van der Waals surface area contributed by atoms with Crippen LogP contribution in [-0.2, 0) is 16.6 Å². The van der Waals surface area contributed by atoms with Crippen LogP contribution in [0.4, 0.5) is 4.39 Å².